The normalized spacial score (nSPS) is 10.3. The van der Waals surface area contributed by atoms with E-state index in [2.05, 4.69) is 15.3 Å². The minimum atomic E-state index is -0.833. The van der Waals surface area contributed by atoms with Crippen LogP contribution < -0.4 is 5.32 Å². The number of carbonyl (C=O) groups is 1. The quantitative estimate of drug-likeness (QED) is 0.873. The lowest BCUT2D eigenvalue weighted by molar-refractivity contribution is -0.136. The van der Waals surface area contributed by atoms with Gasteiger partial charge in [0.1, 0.15) is 0 Å². The van der Waals surface area contributed by atoms with Crippen LogP contribution in [0, 0.1) is 13.8 Å². The van der Waals surface area contributed by atoms with Gasteiger partial charge < -0.3 is 10.4 Å². The Morgan fingerprint density at radius 2 is 1.75 bits per heavy atom. The highest BCUT2D eigenvalue weighted by molar-refractivity contribution is 5.70. The molecule has 0 amide bonds. The lowest BCUT2D eigenvalue weighted by Gasteiger charge is -2.10. The van der Waals surface area contributed by atoms with Gasteiger partial charge in [-0.1, -0.05) is 24.3 Å². The number of rotatable bonds is 5. The van der Waals surface area contributed by atoms with Crippen LogP contribution in [0.2, 0.25) is 0 Å². The van der Waals surface area contributed by atoms with E-state index < -0.39 is 5.97 Å². The molecule has 0 radical (unpaired) electrons. The van der Waals surface area contributed by atoms with Crippen molar-refractivity contribution in [3.05, 3.63) is 52.8 Å². The molecule has 1 aromatic carbocycles. The number of benzene rings is 1. The zero-order valence-electron chi connectivity index (χ0n) is 11.6. The highest BCUT2D eigenvalue weighted by Gasteiger charge is 2.07. The fourth-order valence-electron chi connectivity index (χ4n) is 2.04. The van der Waals surface area contributed by atoms with Crippen molar-refractivity contribution in [2.75, 3.05) is 5.32 Å². The molecule has 0 saturated heterocycles. The van der Waals surface area contributed by atoms with Crippen molar-refractivity contribution >= 4 is 11.9 Å². The maximum atomic E-state index is 10.8. The van der Waals surface area contributed by atoms with Crippen LogP contribution in [0.15, 0.2) is 30.3 Å². The Balaban J connectivity index is 2.12. The van der Waals surface area contributed by atoms with Crippen molar-refractivity contribution in [1.29, 1.82) is 0 Å². The number of hydrogen-bond acceptors (Lipinski definition) is 4. The average Bonchev–Trinajstić information content (AvgIpc) is 2.36. The molecule has 1 aromatic heterocycles. The summed E-state index contributed by atoms with van der Waals surface area (Å²) in [6, 6.07) is 9.38. The maximum absolute atomic E-state index is 10.8. The molecular formula is C15H17N3O2. The maximum Gasteiger partial charge on any atom is 0.307 e. The molecule has 0 atom stereocenters. The highest BCUT2D eigenvalue weighted by Crippen LogP contribution is 2.12. The van der Waals surface area contributed by atoms with E-state index in [9.17, 15) is 4.79 Å². The molecule has 5 nitrogen and oxygen atoms in total. The van der Waals surface area contributed by atoms with Crippen LogP contribution in [0.25, 0.3) is 0 Å². The van der Waals surface area contributed by atoms with Gasteiger partial charge >= 0.3 is 5.97 Å². The second-order valence-electron chi connectivity index (χ2n) is 4.67. The molecule has 0 aliphatic carbocycles. The van der Waals surface area contributed by atoms with Gasteiger partial charge in [-0.2, -0.15) is 0 Å². The number of aryl methyl sites for hydroxylation is 2. The Bertz CT molecular complexity index is 606. The monoisotopic (exact) mass is 271 g/mol. The Kier molecular flexibility index (Phi) is 4.30. The molecular weight excluding hydrogens is 254 g/mol. The summed E-state index contributed by atoms with van der Waals surface area (Å²) in [7, 11) is 0. The summed E-state index contributed by atoms with van der Waals surface area (Å²) in [5.41, 5.74) is 3.55. The van der Waals surface area contributed by atoms with E-state index >= 15 is 0 Å². The number of carboxylic acids is 1. The van der Waals surface area contributed by atoms with Gasteiger partial charge in [0.2, 0.25) is 5.95 Å². The lowest BCUT2D eigenvalue weighted by atomic mass is 10.0. The standard InChI is InChI=1S/C15H17N3O2/c1-10-7-11(2)18-15(17-10)16-9-13-6-4-3-5-12(13)8-14(19)20/h3-7H,8-9H2,1-2H3,(H,19,20)(H,16,17,18). The summed E-state index contributed by atoms with van der Waals surface area (Å²) in [6.07, 6.45) is 0.0194. The summed E-state index contributed by atoms with van der Waals surface area (Å²) in [5, 5.41) is 12.0. The van der Waals surface area contributed by atoms with Crippen LogP contribution in [0.3, 0.4) is 0 Å². The predicted molar refractivity (Wildman–Crippen MR) is 76.6 cm³/mol. The molecule has 0 aliphatic rings. The van der Waals surface area contributed by atoms with Gasteiger partial charge in [-0.15, -0.1) is 0 Å². The molecule has 0 fully saturated rings. The summed E-state index contributed by atoms with van der Waals surface area (Å²) in [5.74, 6) is -0.271. The van der Waals surface area contributed by atoms with Crippen LogP contribution in [0.4, 0.5) is 5.95 Å². The van der Waals surface area contributed by atoms with Gasteiger partial charge in [0, 0.05) is 17.9 Å². The molecule has 0 unspecified atom stereocenters. The van der Waals surface area contributed by atoms with Crippen molar-refractivity contribution in [3.63, 3.8) is 0 Å². The number of carboxylic acid groups (broad SMARTS) is 1. The van der Waals surface area contributed by atoms with Gasteiger partial charge in [0.25, 0.3) is 0 Å². The van der Waals surface area contributed by atoms with Gasteiger partial charge in [-0.05, 0) is 31.0 Å². The summed E-state index contributed by atoms with van der Waals surface area (Å²) in [6.45, 7) is 4.34. The summed E-state index contributed by atoms with van der Waals surface area (Å²) >= 11 is 0. The molecule has 2 N–H and O–H groups in total. The summed E-state index contributed by atoms with van der Waals surface area (Å²) in [4.78, 5) is 19.4. The van der Waals surface area contributed by atoms with Crippen LogP contribution >= 0.6 is 0 Å². The lowest BCUT2D eigenvalue weighted by Crippen LogP contribution is -2.09. The molecule has 0 saturated carbocycles. The average molecular weight is 271 g/mol. The largest absolute Gasteiger partial charge is 0.481 e. The van der Waals surface area contributed by atoms with Gasteiger partial charge in [-0.3, -0.25) is 4.79 Å². The first-order chi connectivity index (χ1) is 9.54. The minimum absolute atomic E-state index is 0.0194. The fraction of sp³-hybridized carbons (Fsp3) is 0.267. The van der Waals surface area contributed by atoms with Crippen LogP contribution in [-0.4, -0.2) is 21.0 Å². The molecule has 0 aliphatic heterocycles. The summed E-state index contributed by atoms with van der Waals surface area (Å²) < 4.78 is 0. The minimum Gasteiger partial charge on any atom is -0.481 e. The molecule has 2 aromatic rings. The SMILES string of the molecule is Cc1cc(C)nc(NCc2ccccc2CC(=O)O)n1. The topological polar surface area (TPSA) is 75.1 Å². The first-order valence-electron chi connectivity index (χ1n) is 6.39. The number of nitrogens with zero attached hydrogens (tertiary/aromatic N) is 2. The van der Waals surface area contributed by atoms with E-state index in [-0.39, 0.29) is 6.42 Å². The van der Waals surface area contributed by atoms with E-state index in [0.29, 0.717) is 12.5 Å². The van der Waals surface area contributed by atoms with Crippen molar-refractivity contribution in [3.8, 4) is 0 Å². The third-order valence-corrected chi connectivity index (χ3v) is 2.88. The molecule has 5 heteroatoms. The van der Waals surface area contributed by atoms with Crippen molar-refractivity contribution in [2.45, 2.75) is 26.8 Å². The highest BCUT2D eigenvalue weighted by atomic mass is 16.4. The number of nitrogens with one attached hydrogen (secondary N) is 1. The molecule has 104 valence electrons. The second-order valence-corrected chi connectivity index (χ2v) is 4.67. The zero-order chi connectivity index (χ0) is 14.5. The number of aliphatic carboxylic acids is 1. The predicted octanol–water partition coefficient (Wildman–Crippen LogP) is 2.33. The van der Waals surface area contributed by atoms with E-state index in [4.69, 9.17) is 5.11 Å². The smallest absolute Gasteiger partial charge is 0.307 e. The number of anilines is 1. The Hall–Kier alpha value is -2.43. The Morgan fingerprint density at radius 3 is 2.35 bits per heavy atom. The molecule has 0 bridgehead atoms. The van der Waals surface area contributed by atoms with Crippen LogP contribution in [-0.2, 0) is 17.8 Å². The Labute approximate surface area is 117 Å². The van der Waals surface area contributed by atoms with E-state index in [1.54, 1.807) is 0 Å². The van der Waals surface area contributed by atoms with E-state index in [1.807, 2.05) is 44.2 Å². The van der Waals surface area contributed by atoms with Gasteiger partial charge in [0.05, 0.1) is 6.42 Å². The molecule has 20 heavy (non-hydrogen) atoms. The van der Waals surface area contributed by atoms with Crippen molar-refractivity contribution in [2.24, 2.45) is 0 Å². The van der Waals surface area contributed by atoms with E-state index in [0.717, 1.165) is 22.5 Å². The van der Waals surface area contributed by atoms with Crippen molar-refractivity contribution in [1.82, 2.24) is 9.97 Å². The van der Waals surface area contributed by atoms with Gasteiger partial charge in [-0.25, -0.2) is 9.97 Å². The fourth-order valence-corrected chi connectivity index (χ4v) is 2.04. The van der Waals surface area contributed by atoms with E-state index in [1.165, 1.54) is 0 Å². The van der Waals surface area contributed by atoms with Crippen LogP contribution in [0.5, 0.6) is 0 Å². The first kappa shape index (κ1) is 14.0. The zero-order valence-corrected chi connectivity index (χ0v) is 11.6. The van der Waals surface area contributed by atoms with Crippen molar-refractivity contribution < 1.29 is 9.90 Å². The molecule has 1 heterocycles. The molecule has 2 rings (SSSR count). The third kappa shape index (κ3) is 3.78. The molecule has 0 spiro atoms. The number of hydrogen-bond donors (Lipinski definition) is 2. The van der Waals surface area contributed by atoms with Crippen LogP contribution in [0.1, 0.15) is 22.5 Å². The Morgan fingerprint density at radius 1 is 1.15 bits per heavy atom. The third-order valence-electron chi connectivity index (χ3n) is 2.88. The first-order valence-corrected chi connectivity index (χ1v) is 6.39. The number of aromatic nitrogens is 2. The van der Waals surface area contributed by atoms with Gasteiger partial charge in [0.15, 0.2) is 0 Å². The second kappa shape index (κ2) is 6.14.